The molecule has 1 aliphatic rings. The van der Waals surface area contributed by atoms with E-state index in [0.29, 0.717) is 10.7 Å². The van der Waals surface area contributed by atoms with Crippen LogP contribution in [0.1, 0.15) is 22.4 Å². The SMILES string of the molecule is Clc1ccc2c(c1)C(c1ccccc1)(c1nc3cccnc3nc1-c1ccccc1)c1ccccc1-2. The van der Waals surface area contributed by atoms with Gasteiger partial charge in [0.05, 0.1) is 16.8 Å². The summed E-state index contributed by atoms with van der Waals surface area (Å²) < 4.78 is 0. The number of nitrogens with zero attached hydrogens (tertiary/aromatic N) is 3. The van der Waals surface area contributed by atoms with E-state index in [2.05, 4.69) is 77.8 Å². The lowest BCUT2D eigenvalue weighted by atomic mass is 9.69. The van der Waals surface area contributed by atoms with Gasteiger partial charge < -0.3 is 0 Å². The Hall–Kier alpha value is -4.34. The summed E-state index contributed by atoms with van der Waals surface area (Å²) in [4.78, 5) is 15.0. The number of aromatic nitrogens is 3. The number of benzene rings is 4. The number of hydrogen-bond donors (Lipinski definition) is 0. The monoisotopic (exact) mass is 481 g/mol. The molecule has 7 rings (SSSR count). The molecule has 0 radical (unpaired) electrons. The van der Waals surface area contributed by atoms with Gasteiger partial charge in [-0.2, -0.15) is 0 Å². The smallest absolute Gasteiger partial charge is 0.178 e. The molecule has 0 saturated carbocycles. The third-order valence-corrected chi connectivity index (χ3v) is 7.29. The zero-order chi connectivity index (χ0) is 24.1. The van der Waals surface area contributed by atoms with Crippen molar-refractivity contribution in [2.24, 2.45) is 0 Å². The molecule has 4 heteroatoms. The Bertz CT molecular complexity index is 1750. The van der Waals surface area contributed by atoms with Crippen molar-refractivity contribution in [2.75, 3.05) is 0 Å². The summed E-state index contributed by atoms with van der Waals surface area (Å²) in [5.41, 5.74) is 9.09. The number of hydrogen-bond acceptors (Lipinski definition) is 3. The fourth-order valence-electron chi connectivity index (χ4n) is 5.60. The van der Waals surface area contributed by atoms with Gasteiger partial charge in [0, 0.05) is 16.8 Å². The van der Waals surface area contributed by atoms with E-state index in [4.69, 9.17) is 21.6 Å². The molecule has 2 heterocycles. The zero-order valence-corrected chi connectivity index (χ0v) is 20.0. The molecule has 0 N–H and O–H groups in total. The first-order valence-electron chi connectivity index (χ1n) is 11.9. The van der Waals surface area contributed by atoms with Gasteiger partial charge in [-0.15, -0.1) is 0 Å². The fourth-order valence-corrected chi connectivity index (χ4v) is 5.77. The Morgan fingerprint density at radius 1 is 0.611 bits per heavy atom. The molecule has 4 aromatic carbocycles. The molecule has 2 aromatic heterocycles. The second-order valence-corrected chi connectivity index (χ2v) is 9.42. The van der Waals surface area contributed by atoms with Gasteiger partial charge in [0.1, 0.15) is 5.52 Å². The van der Waals surface area contributed by atoms with E-state index in [0.717, 1.165) is 39.2 Å². The number of pyridine rings is 1. The summed E-state index contributed by atoms with van der Waals surface area (Å²) in [5.74, 6) is 0. The van der Waals surface area contributed by atoms with Crippen molar-refractivity contribution in [3.63, 3.8) is 0 Å². The number of fused-ring (bicyclic) bond motifs is 4. The van der Waals surface area contributed by atoms with Crippen LogP contribution < -0.4 is 0 Å². The van der Waals surface area contributed by atoms with Gasteiger partial charge >= 0.3 is 0 Å². The van der Waals surface area contributed by atoms with Crippen molar-refractivity contribution >= 4 is 22.8 Å². The molecule has 1 aliphatic carbocycles. The summed E-state index contributed by atoms with van der Waals surface area (Å²) in [6, 6.07) is 39.5. The largest absolute Gasteiger partial charge is 0.246 e. The van der Waals surface area contributed by atoms with Gasteiger partial charge in [-0.05, 0) is 52.1 Å². The van der Waals surface area contributed by atoms with Crippen LogP contribution in [0.2, 0.25) is 5.02 Å². The highest BCUT2D eigenvalue weighted by atomic mass is 35.5. The first-order chi connectivity index (χ1) is 17.8. The predicted molar refractivity (Wildman–Crippen MR) is 145 cm³/mol. The molecule has 36 heavy (non-hydrogen) atoms. The van der Waals surface area contributed by atoms with E-state index in [9.17, 15) is 0 Å². The van der Waals surface area contributed by atoms with Crippen LogP contribution in [0.5, 0.6) is 0 Å². The highest BCUT2D eigenvalue weighted by Crippen LogP contribution is 2.57. The maximum atomic E-state index is 6.67. The van der Waals surface area contributed by atoms with Crippen LogP contribution in [0.25, 0.3) is 33.5 Å². The van der Waals surface area contributed by atoms with Gasteiger partial charge in [0.2, 0.25) is 0 Å². The van der Waals surface area contributed by atoms with Crippen LogP contribution in [-0.2, 0) is 5.41 Å². The Kier molecular flexibility index (Phi) is 4.73. The van der Waals surface area contributed by atoms with E-state index >= 15 is 0 Å². The number of halogens is 1. The molecule has 0 aliphatic heterocycles. The third kappa shape index (κ3) is 2.96. The standard InChI is InChI=1S/C32H20ClN3/c33-23-17-18-25-24-14-7-8-15-26(24)32(27(25)20-23,22-12-5-2-6-13-22)30-29(21-10-3-1-4-11-21)36-31-28(35-30)16-9-19-34-31/h1-20H. The summed E-state index contributed by atoms with van der Waals surface area (Å²) in [6.07, 6.45) is 1.76. The van der Waals surface area contributed by atoms with Crippen molar-refractivity contribution in [1.29, 1.82) is 0 Å². The molecular weight excluding hydrogens is 462 g/mol. The highest BCUT2D eigenvalue weighted by molar-refractivity contribution is 6.30. The molecule has 0 amide bonds. The minimum absolute atomic E-state index is 0.626. The predicted octanol–water partition coefficient (Wildman–Crippen LogP) is 7.71. The minimum atomic E-state index is -0.708. The minimum Gasteiger partial charge on any atom is -0.246 e. The summed E-state index contributed by atoms with van der Waals surface area (Å²) >= 11 is 6.67. The zero-order valence-electron chi connectivity index (χ0n) is 19.3. The number of rotatable bonds is 3. The normalized spacial score (nSPS) is 16.0. The Labute approximate surface area is 214 Å². The van der Waals surface area contributed by atoms with Crippen LogP contribution in [0, 0.1) is 0 Å². The summed E-state index contributed by atoms with van der Waals surface area (Å²) in [7, 11) is 0. The first-order valence-corrected chi connectivity index (χ1v) is 12.3. The quantitative estimate of drug-likeness (QED) is 0.259. The second-order valence-electron chi connectivity index (χ2n) is 8.98. The average Bonchev–Trinajstić information content (AvgIpc) is 3.23. The molecule has 0 bridgehead atoms. The molecule has 0 spiro atoms. The Morgan fingerprint density at radius 3 is 2.17 bits per heavy atom. The average molecular weight is 482 g/mol. The van der Waals surface area contributed by atoms with Gasteiger partial charge in [-0.3, -0.25) is 0 Å². The molecule has 170 valence electrons. The van der Waals surface area contributed by atoms with Gasteiger partial charge in [-0.1, -0.05) is 103 Å². The van der Waals surface area contributed by atoms with Crippen molar-refractivity contribution in [1.82, 2.24) is 15.0 Å². The van der Waals surface area contributed by atoms with E-state index in [-0.39, 0.29) is 0 Å². The lowest BCUT2D eigenvalue weighted by molar-refractivity contribution is 0.736. The highest BCUT2D eigenvalue weighted by Gasteiger charge is 2.49. The maximum Gasteiger partial charge on any atom is 0.178 e. The maximum absolute atomic E-state index is 6.67. The second kappa shape index (κ2) is 8.11. The van der Waals surface area contributed by atoms with Crippen LogP contribution in [0.4, 0.5) is 0 Å². The van der Waals surface area contributed by atoms with E-state index in [1.54, 1.807) is 6.20 Å². The summed E-state index contributed by atoms with van der Waals surface area (Å²) in [5, 5.41) is 0.693. The van der Waals surface area contributed by atoms with Crippen molar-refractivity contribution in [2.45, 2.75) is 5.41 Å². The topological polar surface area (TPSA) is 38.7 Å². The molecular formula is C32H20ClN3. The Balaban J connectivity index is 1.71. The molecule has 0 saturated heterocycles. The van der Waals surface area contributed by atoms with Crippen LogP contribution in [0.3, 0.4) is 0 Å². The summed E-state index contributed by atoms with van der Waals surface area (Å²) in [6.45, 7) is 0. The lowest BCUT2D eigenvalue weighted by Crippen LogP contribution is -2.31. The van der Waals surface area contributed by atoms with Crippen molar-refractivity contribution < 1.29 is 0 Å². The molecule has 3 nitrogen and oxygen atoms in total. The third-order valence-electron chi connectivity index (χ3n) is 7.06. The Morgan fingerprint density at radius 2 is 1.33 bits per heavy atom. The van der Waals surface area contributed by atoms with E-state index in [1.165, 1.54) is 11.1 Å². The van der Waals surface area contributed by atoms with Crippen LogP contribution in [-0.4, -0.2) is 15.0 Å². The molecule has 1 atom stereocenters. The first kappa shape index (κ1) is 21.0. The molecule has 1 unspecified atom stereocenters. The van der Waals surface area contributed by atoms with E-state index < -0.39 is 5.41 Å². The van der Waals surface area contributed by atoms with Crippen LogP contribution >= 0.6 is 11.6 Å². The lowest BCUT2D eigenvalue weighted by Gasteiger charge is -2.34. The molecule has 6 aromatic rings. The fraction of sp³-hybridized carbons (Fsp3) is 0.0312. The molecule has 0 fully saturated rings. The van der Waals surface area contributed by atoms with Gasteiger partial charge in [0.25, 0.3) is 0 Å². The van der Waals surface area contributed by atoms with Crippen molar-refractivity contribution in [3.05, 3.63) is 149 Å². The van der Waals surface area contributed by atoms with Gasteiger partial charge in [0.15, 0.2) is 5.65 Å². The van der Waals surface area contributed by atoms with Gasteiger partial charge in [-0.25, -0.2) is 15.0 Å². The van der Waals surface area contributed by atoms with Crippen LogP contribution in [0.15, 0.2) is 121 Å². The van der Waals surface area contributed by atoms with E-state index in [1.807, 2.05) is 42.5 Å². The van der Waals surface area contributed by atoms with Crippen molar-refractivity contribution in [3.8, 4) is 22.4 Å².